The van der Waals surface area contributed by atoms with Gasteiger partial charge in [-0.05, 0) is 40.0 Å². The summed E-state index contributed by atoms with van der Waals surface area (Å²) in [6, 6.07) is -0.899. The lowest BCUT2D eigenvalue weighted by Gasteiger charge is -2.27. The normalized spacial score (nSPS) is 24.8. The van der Waals surface area contributed by atoms with Crippen molar-refractivity contribution in [1.82, 2.24) is 10.6 Å². The summed E-state index contributed by atoms with van der Waals surface area (Å²) in [5.41, 5.74) is 0.663. The van der Waals surface area contributed by atoms with Crippen LogP contribution in [0.3, 0.4) is 0 Å². The number of amides is 1. The highest BCUT2D eigenvalue weighted by Crippen LogP contribution is 2.21. The average molecular weight is 324 g/mol. The molecule has 0 aromatic rings. The second-order valence-corrected chi connectivity index (χ2v) is 7.74. The molecule has 2 N–H and O–H groups in total. The van der Waals surface area contributed by atoms with Gasteiger partial charge in [0.1, 0.15) is 11.6 Å². The first-order chi connectivity index (χ1) is 10.5. The first-order valence-electron chi connectivity index (χ1n) is 8.46. The Hall–Kier alpha value is -1.36. The molecule has 1 rings (SSSR count). The van der Waals surface area contributed by atoms with Gasteiger partial charge in [0.25, 0.3) is 0 Å². The Balaban J connectivity index is 2.77. The van der Waals surface area contributed by atoms with Crippen molar-refractivity contribution in [3.8, 4) is 0 Å². The molecular weight excluding hydrogens is 292 g/mol. The molecule has 0 aromatic heterocycles. The summed E-state index contributed by atoms with van der Waals surface area (Å²) < 4.78 is 5.45. The average Bonchev–Trinajstić information content (AvgIpc) is 2.76. The van der Waals surface area contributed by atoms with Crippen molar-refractivity contribution in [2.24, 2.45) is 11.8 Å². The van der Waals surface area contributed by atoms with Crippen LogP contribution >= 0.6 is 0 Å². The summed E-state index contributed by atoms with van der Waals surface area (Å²) in [7, 11) is 0. The number of ether oxygens (including phenoxy) is 1. The Morgan fingerprint density at radius 1 is 1.39 bits per heavy atom. The van der Waals surface area contributed by atoms with Crippen molar-refractivity contribution in [1.29, 1.82) is 0 Å². The Morgan fingerprint density at radius 2 is 2.00 bits per heavy atom. The fraction of sp³-hybridized carbons (Fsp3) is 0.778. The van der Waals surface area contributed by atoms with Crippen LogP contribution in [0.25, 0.3) is 0 Å². The fourth-order valence-corrected chi connectivity index (χ4v) is 2.78. The molecule has 1 heterocycles. The molecule has 5 nitrogen and oxygen atoms in total. The van der Waals surface area contributed by atoms with Crippen LogP contribution in [0, 0.1) is 11.8 Å². The third-order valence-electron chi connectivity index (χ3n) is 3.98. The van der Waals surface area contributed by atoms with Gasteiger partial charge in [-0.15, -0.1) is 0 Å². The summed E-state index contributed by atoms with van der Waals surface area (Å²) in [5, 5.41) is 6.11. The van der Waals surface area contributed by atoms with E-state index < -0.39 is 11.6 Å². The second-order valence-electron chi connectivity index (χ2n) is 7.74. The van der Waals surface area contributed by atoms with Gasteiger partial charge in [0.05, 0.1) is 6.04 Å². The maximum Gasteiger partial charge on any atom is 0.329 e. The molecule has 1 aliphatic rings. The third-order valence-corrected chi connectivity index (χ3v) is 3.98. The molecule has 0 bridgehead atoms. The van der Waals surface area contributed by atoms with Crippen molar-refractivity contribution in [3.63, 3.8) is 0 Å². The molecule has 0 radical (unpaired) electrons. The lowest BCUT2D eigenvalue weighted by atomic mass is 9.96. The Labute approximate surface area is 140 Å². The van der Waals surface area contributed by atoms with E-state index in [0.29, 0.717) is 6.42 Å². The SMILES string of the molecule is C/C=C1\CN[C@@H](C(=O)N[C@@H](CC(C)C)C(=O)OC(C)(C)C)[C@H]1C. The van der Waals surface area contributed by atoms with Crippen molar-refractivity contribution in [2.45, 2.75) is 72.6 Å². The first-order valence-corrected chi connectivity index (χ1v) is 8.46. The lowest BCUT2D eigenvalue weighted by molar-refractivity contribution is -0.159. The van der Waals surface area contributed by atoms with Gasteiger partial charge >= 0.3 is 5.97 Å². The lowest BCUT2D eigenvalue weighted by Crippen LogP contribution is -2.51. The molecule has 23 heavy (non-hydrogen) atoms. The van der Waals surface area contributed by atoms with Gasteiger partial charge in [-0.25, -0.2) is 4.79 Å². The minimum absolute atomic E-state index is 0.133. The molecule has 5 heteroatoms. The number of hydrogen-bond donors (Lipinski definition) is 2. The molecular formula is C18H32N2O3. The number of allylic oxidation sites excluding steroid dienone is 1. The minimum Gasteiger partial charge on any atom is -0.458 e. The van der Waals surface area contributed by atoms with Gasteiger partial charge in [-0.2, -0.15) is 0 Å². The highest BCUT2D eigenvalue weighted by molar-refractivity contribution is 5.88. The van der Waals surface area contributed by atoms with Crippen LogP contribution in [-0.2, 0) is 14.3 Å². The number of carbonyl (C=O) groups is 2. The van der Waals surface area contributed by atoms with E-state index in [0.717, 1.165) is 6.54 Å². The Bertz CT molecular complexity index is 463. The molecule has 0 aliphatic carbocycles. The highest BCUT2D eigenvalue weighted by atomic mass is 16.6. The fourth-order valence-electron chi connectivity index (χ4n) is 2.78. The maximum atomic E-state index is 12.6. The van der Waals surface area contributed by atoms with E-state index in [-0.39, 0.29) is 29.8 Å². The van der Waals surface area contributed by atoms with E-state index in [4.69, 9.17) is 4.74 Å². The number of hydrogen-bond acceptors (Lipinski definition) is 4. The van der Waals surface area contributed by atoms with Crippen LogP contribution < -0.4 is 10.6 Å². The Kier molecular flexibility index (Phi) is 6.81. The van der Waals surface area contributed by atoms with E-state index in [1.54, 1.807) is 0 Å². The summed E-state index contributed by atoms with van der Waals surface area (Å²) in [6.45, 7) is 14.3. The third kappa shape index (κ3) is 5.98. The van der Waals surface area contributed by atoms with Gasteiger partial charge in [-0.3, -0.25) is 4.79 Å². The zero-order chi connectivity index (χ0) is 17.8. The first kappa shape index (κ1) is 19.7. The van der Waals surface area contributed by atoms with Crippen molar-refractivity contribution >= 4 is 11.9 Å². The van der Waals surface area contributed by atoms with Crippen molar-refractivity contribution in [2.75, 3.05) is 6.54 Å². The van der Waals surface area contributed by atoms with Crippen LogP contribution in [0.15, 0.2) is 11.6 Å². The molecule has 1 fully saturated rings. The van der Waals surface area contributed by atoms with Crippen LogP contribution in [0.1, 0.15) is 54.9 Å². The topological polar surface area (TPSA) is 67.4 Å². The number of carbonyl (C=O) groups excluding carboxylic acids is 2. The molecule has 0 unspecified atom stereocenters. The summed E-state index contributed by atoms with van der Waals surface area (Å²) >= 11 is 0. The predicted molar refractivity (Wildman–Crippen MR) is 91.9 cm³/mol. The van der Waals surface area contributed by atoms with Gasteiger partial charge in [0.2, 0.25) is 5.91 Å². The van der Waals surface area contributed by atoms with Crippen LogP contribution in [0.5, 0.6) is 0 Å². The van der Waals surface area contributed by atoms with Crippen LogP contribution in [0.4, 0.5) is 0 Å². The Morgan fingerprint density at radius 3 is 2.43 bits per heavy atom. The highest BCUT2D eigenvalue weighted by Gasteiger charge is 2.35. The van der Waals surface area contributed by atoms with E-state index >= 15 is 0 Å². The molecule has 1 saturated heterocycles. The zero-order valence-electron chi connectivity index (χ0n) is 15.5. The summed E-state index contributed by atoms with van der Waals surface area (Å²) in [6.07, 6.45) is 2.61. The largest absolute Gasteiger partial charge is 0.458 e. The quantitative estimate of drug-likeness (QED) is 0.602. The number of nitrogens with one attached hydrogen (secondary N) is 2. The van der Waals surface area contributed by atoms with Crippen LogP contribution in [-0.4, -0.2) is 36.1 Å². The molecule has 3 atom stereocenters. The molecule has 0 spiro atoms. The molecule has 0 aromatic carbocycles. The van der Waals surface area contributed by atoms with Gasteiger partial charge in [0.15, 0.2) is 0 Å². The van der Waals surface area contributed by atoms with E-state index in [9.17, 15) is 9.59 Å². The van der Waals surface area contributed by atoms with Gasteiger partial charge in [-0.1, -0.05) is 32.4 Å². The van der Waals surface area contributed by atoms with Crippen molar-refractivity contribution < 1.29 is 14.3 Å². The molecule has 132 valence electrons. The second kappa shape index (κ2) is 7.95. The number of esters is 1. The van der Waals surface area contributed by atoms with E-state index in [1.165, 1.54) is 5.57 Å². The minimum atomic E-state index is -0.606. The molecule has 0 saturated carbocycles. The van der Waals surface area contributed by atoms with E-state index in [2.05, 4.69) is 10.6 Å². The van der Waals surface area contributed by atoms with Gasteiger partial charge in [0, 0.05) is 12.5 Å². The standard InChI is InChI=1S/C18H32N2O3/c1-8-13-10-19-15(12(13)4)16(21)20-14(9-11(2)3)17(22)23-18(5,6)7/h8,11-12,14-15,19H,9-10H2,1-7H3,(H,20,21)/b13-8+/t12-,14-,15+/m0/s1. The molecule has 1 aliphatic heterocycles. The van der Waals surface area contributed by atoms with Gasteiger partial charge < -0.3 is 15.4 Å². The monoisotopic (exact) mass is 324 g/mol. The summed E-state index contributed by atoms with van der Waals surface area (Å²) in [5.74, 6) is -0.0754. The molecule has 1 amide bonds. The van der Waals surface area contributed by atoms with E-state index in [1.807, 2.05) is 54.5 Å². The summed E-state index contributed by atoms with van der Waals surface area (Å²) in [4.78, 5) is 24.9. The number of rotatable bonds is 5. The van der Waals surface area contributed by atoms with Crippen LogP contribution in [0.2, 0.25) is 0 Å². The zero-order valence-corrected chi connectivity index (χ0v) is 15.5. The maximum absolute atomic E-state index is 12.6. The smallest absolute Gasteiger partial charge is 0.329 e. The predicted octanol–water partition coefficient (Wildman–Crippen LogP) is 2.41. The van der Waals surface area contributed by atoms with Crippen molar-refractivity contribution in [3.05, 3.63) is 11.6 Å².